The molecule has 0 aromatic rings. The van der Waals surface area contributed by atoms with Gasteiger partial charge in [-0.2, -0.15) is 0 Å². The first-order valence-electron chi connectivity index (χ1n) is 7.34. The Morgan fingerprint density at radius 3 is 2.55 bits per heavy atom. The Morgan fingerprint density at radius 1 is 1.10 bits per heavy atom. The maximum Gasteiger partial charge on any atom is 0.309 e. The molecule has 0 spiro atoms. The predicted molar refractivity (Wildman–Crippen MR) is 71.4 cm³/mol. The third kappa shape index (κ3) is 5.07. The third-order valence-corrected chi connectivity index (χ3v) is 3.68. The van der Waals surface area contributed by atoms with Crippen LogP contribution in [0.2, 0.25) is 0 Å². The fourth-order valence-electron chi connectivity index (χ4n) is 2.44. The molecular formula is C13H24N3O4+. The molecule has 2 heterocycles. The summed E-state index contributed by atoms with van der Waals surface area (Å²) >= 11 is 0. The van der Waals surface area contributed by atoms with Gasteiger partial charge in [0.2, 0.25) is 0 Å². The fraction of sp³-hybridized carbons (Fsp3) is 0.846. The van der Waals surface area contributed by atoms with E-state index in [1.807, 2.05) is 0 Å². The van der Waals surface area contributed by atoms with Crippen LogP contribution in [0.1, 0.15) is 12.8 Å². The van der Waals surface area contributed by atoms with Crippen molar-refractivity contribution in [2.75, 3.05) is 52.5 Å². The molecule has 114 valence electrons. The molecule has 0 aliphatic carbocycles. The zero-order valence-electron chi connectivity index (χ0n) is 11.8. The SMILES string of the molecule is O=C(NCC[NH+]1CCOCC1)C(=O)NC[C@H]1CCCO1. The van der Waals surface area contributed by atoms with Crippen molar-refractivity contribution in [3.63, 3.8) is 0 Å². The molecule has 0 unspecified atom stereocenters. The first kappa shape index (κ1) is 15.2. The Labute approximate surface area is 119 Å². The van der Waals surface area contributed by atoms with Crippen molar-refractivity contribution in [3.05, 3.63) is 0 Å². The lowest BCUT2D eigenvalue weighted by Crippen LogP contribution is -3.14. The smallest absolute Gasteiger partial charge is 0.309 e. The van der Waals surface area contributed by atoms with Gasteiger partial charge in [-0.3, -0.25) is 9.59 Å². The lowest BCUT2D eigenvalue weighted by atomic mass is 10.2. The van der Waals surface area contributed by atoms with Crippen LogP contribution in [0.15, 0.2) is 0 Å². The first-order chi connectivity index (χ1) is 9.75. The molecule has 0 aromatic heterocycles. The van der Waals surface area contributed by atoms with Gasteiger partial charge in [-0.25, -0.2) is 0 Å². The molecule has 20 heavy (non-hydrogen) atoms. The van der Waals surface area contributed by atoms with Gasteiger partial charge in [0.25, 0.3) is 0 Å². The maximum absolute atomic E-state index is 11.6. The van der Waals surface area contributed by atoms with Crippen LogP contribution in [0, 0.1) is 0 Å². The second kappa shape index (κ2) is 8.18. The number of morpholine rings is 1. The number of carbonyl (C=O) groups excluding carboxylic acids is 2. The Morgan fingerprint density at radius 2 is 1.85 bits per heavy atom. The Bertz CT molecular complexity index is 326. The van der Waals surface area contributed by atoms with E-state index >= 15 is 0 Å². The highest BCUT2D eigenvalue weighted by Gasteiger charge is 2.19. The molecule has 0 aromatic carbocycles. The van der Waals surface area contributed by atoms with E-state index < -0.39 is 11.8 Å². The third-order valence-electron chi connectivity index (χ3n) is 3.68. The van der Waals surface area contributed by atoms with Crippen LogP contribution in [-0.2, 0) is 19.1 Å². The fourth-order valence-corrected chi connectivity index (χ4v) is 2.44. The lowest BCUT2D eigenvalue weighted by molar-refractivity contribution is -0.906. The van der Waals surface area contributed by atoms with Crippen molar-refractivity contribution in [1.82, 2.24) is 10.6 Å². The molecule has 2 aliphatic heterocycles. The number of nitrogens with one attached hydrogen (secondary N) is 3. The lowest BCUT2D eigenvalue weighted by Gasteiger charge is -2.23. The average molecular weight is 286 g/mol. The second-order valence-corrected chi connectivity index (χ2v) is 5.21. The summed E-state index contributed by atoms with van der Waals surface area (Å²) in [6.45, 7) is 5.96. The molecule has 7 nitrogen and oxygen atoms in total. The van der Waals surface area contributed by atoms with Crippen molar-refractivity contribution >= 4 is 11.8 Å². The molecule has 0 saturated carbocycles. The number of amides is 2. The average Bonchev–Trinajstić information content (AvgIpc) is 2.99. The zero-order chi connectivity index (χ0) is 14.2. The number of carbonyl (C=O) groups is 2. The van der Waals surface area contributed by atoms with Crippen LogP contribution in [0.4, 0.5) is 0 Å². The molecule has 0 bridgehead atoms. The van der Waals surface area contributed by atoms with Gasteiger partial charge < -0.3 is 25.0 Å². The normalized spacial score (nSPS) is 23.5. The molecule has 0 radical (unpaired) electrons. The summed E-state index contributed by atoms with van der Waals surface area (Å²) in [6, 6.07) is 0. The minimum absolute atomic E-state index is 0.0598. The topological polar surface area (TPSA) is 81.1 Å². The van der Waals surface area contributed by atoms with Crippen molar-refractivity contribution < 1.29 is 24.0 Å². The first-order valence-corrected chi connectivity index (χ1v) is 7.34. The van der Waals surface area contributed by atoms with E-state index in [1.165, 1.54) is 4.90 Å². The largest absolute Gasteiger partial charge is 0.376 e. The summed E-state index contributed by atoms with van der Waals surface area (Å²) in [7, 11) is 0. The van der Waals surface area contributed by atoms with Gasteiger partial charge >= 0.3 is 11.8 Å². The van der Waals surface area contributed by atoms with E-state index in [0.29, 0.717) is 13.1 Å². The van der Waals surface area contributed by atoms with E-state index in [1.54, 1.807) is 0 Å². The number of hydrogen-bond acceptors (Lipinski definition) is 4. The van der Waals surface area contributed by atoms with Crippen LogP contribution < -0.4 is 15.5 Å². The Hall–Kier alpha value is -1.18. The number of rotatable bonds is 5. The summed E-state index contributed by atoms with van der Waals surface area (Å²) in [5.41, 5.74) is 0. The van der Waals surface area contributed by atoms with Gasteiger partial charge in [0.1, 0.15) is 13.1 Å². The number of ether oxygens (including phenoxy) is 2. The zero-order valence-corrected chi connectivity index (χ0v) is 11.8. The van der Waals surface area contributed by atoms with Crippen LogP contribution >= 0.6 is 0 Å². The molecule has 1 atom stereocenters. The van der Waals surface area contributed by atoms with E-state index in [2.05, 4.69) is 10.6 Å². The standard InChI is InChI=1S/C13H23N3O4/c17-12(13(18)15-10-11-2-1-7-20-11)14-3-4-16-5-8-19-9-6-16/h11H,1-10H2,(H,14,17)(H,15,18)/p+1/t11-/m1/s1. The van der Waals surface area contributed by atoms with Crippen molar-refractivity contribution in [3.8, 4) is 0 Å². The van der Waals surface area contributed by atoms with Crippen LogP contribution in [0.5, 0.6) is 0 Å². The van der Waals surface area contributed by atoms with Crippen molar-refractivity contribution in [1.29, 1.82) is 0 Å². The summed E-state index contributed by atoms with van der Waals surface area (Å²) < 4.78 is 10.6. The minimum Gasteiger partial charge on any atom is -0.376 e. The van der Waals surface area contributed by atoms with E-state index in [9.17, 15) is 9.59 Å². The van der Waals surface area contributed by atoms with E-state index in [4.69, 9.17) is 9.47 Å². The Kier molecular flexibility index (Phi) is 6.23. The quantitative estimate of drug-likeness (QED) is 0.481. The summed E-state index contributed by atoms with van der Waals surface area (Å²) in [5.74, 6) is -1.13. The highest BCUT2D eigenvalue weighted by atomic mass is 16.5. The van der Waals surface area contributed by atoms with E-state index in [-0.39, 0.29) is 6.10 Å². The number of quaternary nitrogens is 1. The summed E-state index contributed by atoms with van der Waals surface area (Å²) in [4.78, 5) is 24.6. The van der Waals surface area contributed by atoms with Gasteiger partial charge in [-0.05, 0) is 12.8 Å². The molecule has 2 saturated heterocycles. The molecule has 2 rings (SSSR count). The summed E-state index contributed by atoms with van der Waals surface area (Å²) in [5, 5.41) is 5.26. The van der Waals surface area contributed by atoms with Gasteiger partial charge in [0, 0.05) is 13.2 Å². The molecule has 2 aliphatic rings. The van der Waals surface area contributed by atoms with E-state index in [0.717, 1.165) is 52.3 Å². The predicted octanol–water partition coefficient (Wildman–Crippen LogP) is -2.69. The molecule has 7 heteroatoms. The minimum atomic E-state index is -0.572. The van der Waals surface area contributed by atoms with Crippen molar-refractivity contribution in [2.24, 2.45) is 0 Å². The van der Waals surface area contributed by atoms with Gasteiger partial charge in [0.15, 0.2) is 0 Å². The molecule has 2 amide bonds. The molecule has 3 N–H and O–H groups in total. The second-order valence-electron chi connectivity index (χ2n) is 5.21. The van der Waals surface area contributed by atoms with Gasteiger partial charge in [0.05, 0.1) is 32.4 Å². The van der Waals surface area contributed by atoms with Crippen LogP contribution in [0.3, 0.4) is 0 Å². The highest BCUT2D eigenvalue weighted by molar-refractivity contribution is 6.35. The maximum atomic E-state index is 11.6. The van der Waals surface area contributed by atoms with Crippen molar-refractivity contribution in [2.45, 2.75) is 18.9 Å². The van der Waals surface area contributed by atoms with Gasteiger partial charge in [-0.15, -0.1) is 0 Å². The number of hydrogen-bond donors (Lipinski definition) is 3. The molecule has 2 fully saturated rings. The highest BCUT2D eigenvalue weighted by Crippen LogP contribution is 2.10. The van der Waals surface area contributed by atoms with Gasteiger partial charge in [-0.1, -0.05) is 0 Å². The summed E-state index contributed by atoms with van der Waals surface area (Å²) in [6.07, 6.45) is 2.03. The molecular weight excluding hydrogens is 262 g/mol. The van der Waals surface area contributed by atoms with Crippen LogP contribution in [-0.4, -0.2) is 70.5 Å². The monoisotopic (exact) mass is 286 g/mol. The Balaban J connectivity index is 1.54. The van der Waals surface area contributed by atoms with Crippen LogP contribution in [0.25, 0.3) is 0 Å².